The molecule has 0 spiro atoms. The van der Waals surface area contributed by atoms with E-state index in [-0.39, 0.29) is 17.9 Å². The summed E-state index contributed by atoms with van der Waals surface area (Å²) < 4.78 is 27.5. The summed E-state index contributed by atoms with van der Waals surface area (Å²) >= 11 is 0. The number of Topliss-reactive ketones (excluding diaryl/α,β-unsaturated/α-hetero) is 1. The van der Waals surface area contributed by atoms with Gasteiger partial charge in [0.05, 0.1) is 38.6 Å². The number of aliphatic hydroxyl groups is 1. The summed E-state index contributed by atoms with van der Waals surface area (Å²) in [6.07, 6.45) is 1.49. The van der Waals surface area contributed by atoms with Gasteiger partial charge in [-0.15, -0.1) is 0 Å². The standard InChI is InChI=1S/C26H23NO8/c1-31-16-6-8-19(32-2)18(13-16)23-22(25(29)26(30)27(23)14-17-4-3-9-33-17)24(28)15-5-7-20-21(12-15)35-11-10-34-20/h3-9,12-13,23,28H,10-11,14H2,1-2H3/b24-22-. The molecule has 2 aromatic carbocycles. The molecule has 2 aliphatic rings. The predicted octanol–water partition coefficient (Wildman–Crippen LogP) is 3.69. The normalized spacial score (nSPS) is 18.6. The zero-order chi connectivity index (χ0) is 24.5. The summed E-state index contributed by atoms with van der Waals surface area (Å²) in [4.78, 5) is 27.9. The largest absolute Gasteiger partial charge is 0.507 e. The van der Waals surface area contributed by atoms with E-state index in [1.54, 1.807) is 48.5 Å². The second-order valence-corrected chi connectivity index (χ2v) is 7.97. The highest BCUT2D eigenvalue weighted by molar-refractivity contribution is 6.46. The average molecular weight is 477 g/mol. The molecule has 9 heteroatoms. The fraction of sp³-hybridized carbons (Fsp3) is 0.231. The number of likely N-dealkylation sites (tertiary alicyclic amines) is 1. The Labute approximate surface area is 201 Å². The second kappa shape index (κ2) is 9.09. The van der Waals surface area contributed by atoms with Gasteiger partial charge in [-0.1, -0.05) is 0 Å². The summed E-state index contributed by atoms with van der Waals surface area (Å²) in [5.74, 6) is 0.473. The fourth-order valence-corrected chi connectivity index (χ4v) is 4.34. The van der Waals surface area contributed by atoms with Gasteiger partial charge in [0.25, 0.3) is 11.7 Å². The maximum Gasteiger partial charge on any atom is 0.296 e. The van der Waals surface area contributed by atoms with Crippen LogP contribution in [0.1, 0.15) is 22.9 Å². The Hall–Kier alpha value is -4.40. The number of furan rings is 1. The van der Waals surface area contributed by atoms with Crippen LogP contribution in [0.3, 0.4) is 0 Å². The number of rotatable bonds is 6. The number of ketones is 1. The highest BCUT2D eigenvalue weighted by Crippen LogP contribution is 2.45. The van der Waals surface area contributed by atoms with Gasteiger partial charge in [0.15, 0.2) is 11.5 Å². The number of carbonyl (C=O) groups excluding carboxylic acids is 2. The van der Waals surface area contributed by atoms with Crippen molar-refractivity contribution in [2.45, 2.75) is 12.6 Å². The summed E-state index contributed by atoms with van der Waals surface area (Å²) in [6.45, 7) is 0.804. The molecule has 1 N–H and O–H groups in total. The molecule has 0 bridgehead atoms. The van der Waals surface area contributed by atoms with E-state index in [4.69, 9.17) is 23.4 Å². The number of benzene rings is 2. The van der Waals surface area contributed by atoms with Crippen molar-refractivity contribution in [2.75, 3.05) is 27.4 Å². The number of ether oxygens (including phenoxy) is 4. The van der Waals surface area contributed by atoms with Crippen molar-refractivity contribution in [1.82, 2.24) is 4.90 Å². The molecule has 1 unspecified atom stereocenters. The molecule has 180 valence electrons. The molecule has 1 amide bonds. The number of carbonyl (C=O) groups is 2. The van der Waals surface area contributed by atoms with Crippen molar-refractivity contribution < 1.29 is 38.1 Å². The van der Waals surface area contributed by atoms with E-state index >= 15 is 0 Å². The lowest BCUT2D eigenvalue weighted by Gasteiger charge is -2.26. The van der Waals surface area contributed by atoms with Crippen molar-refractivity contribution in [3.63, 3.8) is 0 Å². The van der Waals surface area contributed by atoms with Crippen LogP contribution < -0.4 is 18.9 Å². The average Bonchev–Trinajstić information content (AvgIpc) is 3.50. The zero-order valence-electron chi connectivity index (χ0n) is 19.1. The van der Waals surface area contributed by atoms with Crippen molar-refractivity contribution in [3.8, 4) is 23.0 Å². The molecular weight excluding hydrogens is 454 g/mol. The Balaban J connectivity index is 1.69. The third-order valence-electron chi connectivity index (χ3n) is 5.99. The molecule has 0 radical (unpaired) electrons. The van der Waals surface area contributed by atoms with Crippen molar-refractivity contribution >= 4 is 17.4 Å². The van der Waals surface area contributed by atoms with Gasteiger partial charge in [-0.05, 0) is 48.5 Å². The minimum atomic E-state index is -0.960. The molecule has 0 saturated carbocycles. The van der Waals surface area contributed by atoms with Crippen LogP contribution in [-0.2, 0) is 16.1 Å². The third kappa shape index (κ3) is 3.95. The van der Waals surface area contributed by atoms with Gasteiger partial charge >= 0.3 is 0 Å². The molecule has 1 aromatic heterocycles. The minimum Gasteiger partial charge on any atom is -0.507 e. The number of aliphatic hydroxyl groups excluding tert-OH is 1. The van der Waals surface area contributed by atoms with Crippen molar-refractivity contribution in [1.29, 1.82) is 0 Å². The van der Waals surface area contributed by atoms with Crippen LogP contribution >= 0.6 is 0 Å². The number of fused-ring (bicyclic) bond motifs is 1. The second-order valence-electron chi connectivity index (χ2n) is 7.97. The van der Waals surface area contributed by atoms with Gasteiger partial charge < -0.3 is 33.4 Å². The summed E-state index contributed by atoms with van der Waals surface area (Å²) in [7, 11) is 3.01. The van der Waals surface area contributed by atoms with E-state index in [1.165, 1.54) is 25.4 Å². The first-order valence-electron chi connectivity index (χ1n) is 10.9. The minimum absolute atomic E-state index is 0.0144. The summed E-state index contributed by atoms with van der Waals surface area (Å²) in [6, 6.07) is 12.4. The molecule has 9 nitrogen and oxygen atoms in total. The van der Waals surface area contributed by atoms with Gasteiger partial charge in [-0.3, -0.25) is 9.59 Å². The van der Waals surface area contributed by atoms with Crippen LogP contribution in [-0.4, -0.2) is 49.1 Å². The summed E-state index contributed by atoms with van der Waals surface area (Å²) in [5.41, 5.74) is 0.721. The number of amides is 1. The van der Waals surface area contributed by atoms with Crippen molar-refractivity contribution in [2.24, 2.45) is 0 Å². The first-order valence-corrected chi connectivity index (χ1v) is 10.9. The Morgan fingerprint density at radius 2 is 1.83 bits per heavy atom. The highest BCUT2D eigenvalue weighted by atomic mass is 16.6. The lowest BCUT2D eigenvalue weighted by atomic mass is 9.94. The van der Waals surface area contributed by atoms with Crippen LogP contribution in [0.2, 0.25) is 0 Å². The monoisotopic (exact) mass is 477 g/mol. The lowest BCUT2D eigenvalue weighted by molar-refractivity contribution is -0.140. The Morgan fingerprint density at radius 3 is 2.54 bits per heavy atom. The predicted molar refractivity (Wildman–Crippen MR) is 124 cm³/mol. The molecular formula is C26H23NO8. The maximum atomic E-state index is 13.3. The van der Waals surface area contributed by atoms with Gasteiger partial charge in [0, 0.05) is 11.1 Å². The van der Waals surface area contributed by atoms with Gasteiger partial charge in [0.1, 0.15) is 36.2 Å². The Kier molecular flexibility index (Phi) is 5.82. The quantitative estimate of drug-likeness (QED) is 0.325. The van der Waals surface area contributed by atoms with E-state index in [0.29, 0.717) is 53.1 Å². The number of nitrogens with zero attached hydrogens (tertiary/aromatic N) is 1. The number of methoxy groups -OCH3 is 2. The number of hydrogen-bond donors (Lipinski definition) is 1. The van der Waals surface area contributed by atoms with Crippen LogP contribution in [0.5, 0.6) is 23.0 Å². The zero-order valence-corrected chi connectivity index (χ0v) is 19.1. The number of hydrogen-bond acceptors (Lipinski definition) is 8. The summed E-state index contributed by atoms with van der Waals surface area (Å²) in [5, 5.41) is 11.4. The molecule has 35 heavy (non-hydrogen) atoms. The van der Waals surface area contributed by atoms with Gasteiger partial charge in [0.2, 0.25) is 0 Å². The lowest BCUT2D eigenvalue weighted by Crippen LogP contribution is -2.29. The maximum absolute atomic E-state index is 13.3. The van der Waals surface area contributed by atoms with E-state index in [0.717, 1.165) is 0 Å². The van der Waals surface area contributed by atoms with E-state index < -0.39 is 17.7 Å². The molecule has 5 rings (SSSR count). The van der Waals surface area contributed by atoms with Crippen LogP contribution in [0.15, 0.2) is 64.8 Å². The molecule has 2 aliphatic heterocycles. The molecule has 1 fully saturated rings. The van der Waals surface area contributed by atoms with E-state index in [1.807, 2.05) is 0 Å². The SMILES string of the molecule is COc1ccc(OC)c(C2/C(=C(/O)c3ccc4c(c3)OCCO4)C(=O)C(=O)N2Cc2ccco2)c1. The molecule has 3 heterocycles. The Morgan fingerprint density at radius 1 is 1.03 bits per heavy atom. The molecule has 0 aliphatic carbocycles. The molecule has 3 aromatic rings. The van der Waals surface area contributed by atoms with E-state index in [9.17, 15) is 14.7 Å². The topological polar surface area (TPSA) is 108 Å². The van der Waals surface area contributed by atoms with Gasteiger partial charge in [-0.25, -0.2) is 0 Å². The van der Waals surface area contributed by atoms with Crippen LogP contribution in [0.4, 0.5) is 0 Å². The van der Waals surface area contributed by atoms with E-state index in [2.05, 4.69) is 0 Å². The molecule has 1 saturated heterocycles. The first-order chi connectivity index (χ1) is 17.0. The first kappa shape index (κ1) is 22.4. The molecule has 1 atom stereocenters. The highest BCUT2D eigenvalue weighted by Gasteiger charge is 2.47. The third-order valence-corrected chi connectivity index (χ3v) is 5.99. The van der Waals surface area contributed by atoms with Gasteiger partial charge in [-0.2, -0.15) is 0 Å². The Bertz CT molecular complexity index is 1310. The smallest absolute Gasteiger partial charge is 0.296 e. The van der Waals surface area contributed by atoms with Crippen LogP contribution in [0.25, 0.3) is 5.76 Å². The van der Waals surface area contributed by atoms with Crippen molar-refractivity contribution in [3.05, 3.63) is 77.3 Å². The fourth-order valence-electron chi connectivity index (χ4n) is 4.34. The van der Waals surface area contributed by atoms with Crippen LogP contribution in [0, 0.1) is 0 Å².